The third kappa shape index (κ3) is 3.37. The van der Waals surface area contributed by atoms with Crippen molar-refractivity contribution in [3.63, 3.8) is 0 Å². The molecule has 1 fully saturated rings. The van der Waals surface area contributed by atoms with Gasteiger partial charge in [-0.2, -0.15) is 0 Å². The standard InChI is InChI=1S/C22H16N2O3S/c25-20-19(14-18-12-7-13-27-18)21(26)24(17-10-5-2-6-11-17)22(28)23(20)15-16-8-3-1-4-9-16/h1-14H,15H2/b19-14+. The molecule has 28 heavy (non-hydrogen) atoms. The molecule has 0 unspecified atom stereocenters. The van der Waals surface area contributed by atoms with E-state index in [2.05, 4.69) is 0 Å². The molecule has 0 aliphatic carbocycles. The van der Waals surface area contributed by atoms with E-state index < -0.39 is 11.8 Å². The van der Waals surface area contributed by atoms with E-state index in [0.29, 0.717) is 11.4 Å². The SMILES string of the molecule is O=C1/C(=C\c2ccco2)C(=O)N(c2ccccc2)C(=S)N1Cc1ccccc1. The number of para-hydroxylation sites is 1. The second kappa shape index (κ2) is 7.62. The van der Waals surface area contributed by atoms with Crippen LogP contribution in [0.2, 0.25) is 0 Å². The molecule has 0 atom stereocenters. The van der Waals surface area contributed by atoms with Crippen LogP contribution in [-0.4, -0.2) is 21.8 Å². The maximum atomic E-state index is 13.2. The first-order valence-corrected chi connectivity index (χ1v) is 9.10. The van der Waals surface area contributed by atoms with E-state index in [1.165, 1.54) is 22.1 Å². The highest BCUT2D eigenvalue weighted by molar-refractivity contribution is 7.80. The summed E-state index contributed by atoms with van der Waals surface area (Å²) in [5.41, 5.74) is 1.52. The van der Waals surface area contributed by atoms with E-state index in [0.717, 1.165) is 5.56 Å². The Hall–Kier alpha value is -3.51. The van der Waals surface area contributed by atoms with Gasteiger partial charge in [-0.25, -0.2) is 0 Å². The van der Waals surface area contributed by atoms with Crippen molar-refractivity contribution in [3.05, 3.63) is 96.0 Å². The van der Waals surface area contributed by atoms with Crippen molar-refractivity contribution in [2.45, 2.75) is 6.54 Å². The van der Waals surface area contributed by atoms with Gasteiger partial charge in [0.25, 0.3) is 11.8 Å². The van der Waals surface area contributed by atoms with Crippen LogP contribution in [0.15, 0.2) is 89.0 Å². The smallest absolute Gasteiger partial charge is 0.270 e. The van der Waals surface area contributed by atoms with Crippen LogP contribution in [0, 0.1) is 0 Å². The predicted octanol–water partition coefficient (Wildman–Crippen LogP) is 4.02. The molecule has 0 saturated carbocycles. The van der Waals surface area contributed by atoms with Crippen LogP contribution in [0.4, 0.5) is 5.69 Å². The minimum Gasteiger partial charge on any atom is -0.465 e. The zero-order valence-electron chi connectivity index (χ0n) is 14.8. The molecule has 2 amide bonds. The third-order valence-electron chi connectivity index (χ3n) is 4.36. The number of benzene rings is 2. The second-order valence-corrected chi connectivity index (χ2v) is 6.57. The Labute approximate surface area is 167 Å². The Kier molecular flexibility index (Phi) is 4.87. The van der Waals surface area contributed by atoms with E-state index in [1.807, 2.05) is 48.5 Å². The van der Waals surface area contributed by atoms with Gasteiger partial charge in [-0.1, -0.05) is 48.5 Å². The summed E-state index contributed by atoms with van der Waals surface area (Å²) < 4.78 is 5.30. The van der Waals surface area contributed by atoms with E-state index in [9.17, 15) is 9.59 Å². The summed E-state index contributed by atoms with van der Waals surface area (Å²) in [7, 11) is 0. The van der Waals surface area contributed by atoms with Crippen molar-refractivity contribution in [3.8, 4) is 0 Å². The molecule has 6 heteroatoms. The number of hydrogen-bond donors (Lipinski definition) is 0. The minimum atomic E-state index is -0.470. The zero-order chi connectivity index (χ0) is 19.5. The topological polar surface area (TPSA) is 53.8 Å². The summed E-state index contributed by atoms with van der Waals surface area (Å²) in [6, 6.07) is 22.0. The first-order valence-electron chi connectivity index (χ1n) is 8.69. The summed E-state index contributed by atoms with van der Waals surface area (Å²) in [5, 5.41) is 0.154. The van der Waals surface area contributed by atoms with Crippen LogP contribution < -0.4 is 4.90 Å². The molecule has 5 nitrogen and oxygen atoms in total. The minimum absolute atomic E-state index is 0.00309. The number of furan rings is 1. The van der Waals surface area contributed by atoms with Crippen LogP contribution in [0.3, 0.4) is 0 Å². The Balaban J connectivity index is 1.78. The molecular weight excluding hydrogens is 372 g/mol. The lowest BCUT2D eigenvalue weighted by Crippen LogP contribution is -2.56. The van der Waals surface area contributed by atoms with Crippen molar-refractivity contribution in [1.29, 1.82) is 0 Å². The van der Waals surface area contributed by atoms with E-state index in [4.69, 9.17) is 16.6 Å². The van der Waals surface area contributed by atoms with Crippen LogP contribution in [0.25, 0.3) is 6.08 Å². The number of hydrogen-bond acceptors (Lipinski definition) is 4. The lowest BCUT2D eigenvalue weighted by atomic mass is 10.1. The van der Waals surface area contributed by atoms with Gasteiger partial charge in [0, 0.05) is 0 Å². The van der Waals surface area contributed by atoms with Crippen molar-refractivity contribution >= 4 is 40.9 Å². The summed E-state index contributed by atoms with van der Waals surface area (Å²) >= 11 is 5.54. The van der Waals surface area contributed by atoms with Crippen LogP contribution >= 0.6 is 12.2 Å². The van der Waals surface area contributed by atoms with Gasteiger partial charge in [0.15, 0.2) is 5.11 Å². The summed E-state index contributed by atoms with van der Waals surface area (Å²) in [6.45, 7) is 0.268. The van der Waals surface area contributed by atoms with Gasteiger partial charge in [0.2, 0.25) is 0 Å². The first kappa shape index (κ1) is 17.9. The van der Waals surface area contributed by atoms with Gasteiger partial charge in [0.05, 0.1) is 18.5 Å². The van der Waals surface area contributed by atoms with Gasteiger partial charge in [0.1, 0.15) is 11.3 Å². The summed E-state index contributed by atoms with van der Waals surface area (Å²) in [6.07, 6.45) is 2.95. The lowest BCUT2D eigenvalue weighted by molar-refractivity contribution is -0.128. The quantitative estimate of drug-likeness (QED) is 0.385. The summed E-state index contributed by atoms with van der Waals surface area (Å²) in [5.74, 6) is -0.485. The molecule has 138 valence electrons. The van der Waals surface area contributed by atoms with Gasteiger partial charge >= 0.3 is 0 Å². The van der Waals surface area contributed by atoms with E-state index in [-0.39, 0.29) is 17.2 Å². The molecule has 0 radical (unpaired) electrons. The van der Waals surface area contributed by atoms with Crippen LogP contribution in [0.1, 0.15) is 11.3 Å². The molecule has 4 rings (SSSR count). The Bertz CT molecular complexity index is 1040. The van der Waals surface area contributed by atoms with Crippen LogP contribution in [0.5, 0.6) is 0 Å². The van der Waals surface area contributed by atoms with E-state index >= 15 is 0 Å². The number of rotatable bonds is 4. The van der Waals surface area contributed by atoms with E-state index in [1.54, 1.807) is 24.3 Å². The fraction of sp³-hybridized carbons (Fsp3) is 0.0455. The average Bonchev–Trinajstić information content (AvgIpc) is 3.24. The number of thiocarbonyl (C=S) groups is 1. The molecule has 3 aromatic rings. The molecule has 2 aromatic carbocycles. The Morgan fingerprint density at radius 1 is 0.857 bits per heavy atom. The fourth-order valence-corrected chi connectivity index (χ4v) is 3.34. The number of amides is 2. The highest BCUT2D eigenvalue weighted by atomic mass is 32.1. The number of carbonyl (C=O) groups excluding carboxylic acids is 2. The molecule has 1 saturated heterocycles. The number of nitrogens with zero attached hydrogens (tertiary/aromatic N) is 2. The molecular formula is C22H16N2O3S. The first-order chi connectivity index (χ1) is 13.6. The lowest BCUT2D eigenvalue weighted by Gasteiger charge is -2.36. The zero-order valence-corrected chi connectivity index (χ0v) is 15.6. The van der Waals surface area contributed by atoms with Crippen molar-refractivity contribution in [2.75, 3.05) is 4.90 Å². The molecule has 1 aromatic heterocycles. The predicted molar refractivity (Wildman–Crippen MR) is 110 cm³/mol. The highest BCUT2D eigenvalue weighted by Crippen LogP contribution is 2.27. The van der Waals surface area contributed by atoms with Crippen molar-refractivity contribution in [1.82, 2.24) is 4.90 Å². The maximum Gasteiger partial charge on any atom is 0.270 e. The fourth-order valence-electron chi connectivity index (χ4n) is 3.00. The third-order valence-corrected chi connectivity index (χ3v) is 4.76. The number of carbonyl (C=O) groups is 2. The molecule has 0 bridgehead atoms. The Morgan fingerprint density at radius 2 is 1.54 bits per heavy atom. The summed E-state index contributed by atoms with van der Waals surface area (Å²) in [4.78, 5) is 29.1. The average molecular weight is 388 g/mol. The molecule has 2 heterocycles. The van der Waals surface area contributed by atoms with Gasteiger partial charge in [-0.15, -0.1) is 0 Å². The molecule has 0 spiro atoms. The molecule has 1 aliphatic rings. The van der Waals surface area contributed by atoms with Crippen molar-refractivity contribution in [2.24, 2.45) is 0 Å². The Morgan fingerprint density at radius 3 is 2.18 bits per heavy atom. The molecule has 1 aliphatic heterocycles. The number of anilines is 1. The molecule has 0 N–H and O–H groups in total. The largest absolute Gasteiger partial charge is 0.465 e. The van der Waals surface area contributed by atoms with Gasteiger partial charge in [-0.3, -0.25) is 19.4 Å². The maximum absolute atomic E-state index is 13.2. The van der Waals surface area contributed by atoms with Crippen LogP contribution in [-0.2, 0) is 16.1 Å². The normalized spacial score (nSPS) is 16.1. The highest BCUT2D eigenvalue weighted by Gasteiger charge is 2.40. The van der Waals surface area contributed by atoms with Gasteiger partial charge < -0.3 is 4.42 Å². The second-order valence-electron chi connectivity index (χ2n) is 6.21. The monoisotopic (exact) mass is 388 g/mol. The van der Waals surface area contributed by atoms with Crippen molar-refractivity contribution < 1.29 is 14.0 Å². The van der Waals surface area contributed by atoms with Gasteiger partial charge in [-0.05, 0) is 48.1 Å².